The van der Waals surface area contributed by atoms with Gasteiger partial charge >= 0.3 is 0 Å². The summed E-state index contributed by atoms with van der Waals surface area (Å²) in [6.07, 6.45) is 1.23. The van der Waals surface area contributed by atoms with E-state index in [1.807, 2.05) is 0 Å². The molecule has 60 valence electrons. The monoisotopic (exact) mass is 142 g/mol. The van der Waals surface area contributed by atoms with Gasteiger partial charge in [0.2, 0.25) is 0 Å². The summed E-state index contributed by atoms with van der Waals surface area (Å²) in [5.41, 5.74) is 0. The van der Waals surface area contributed by atoms with Gasteiger partial charge in [-0.15, -0.1) is 0 Å². The van der Waals surface area contributed by atoms with Gasteiger partial charge in [0.1, 0.15) is 0 Å². The molecule has 0 aliphatic rings. The molecule has 0 fully saturated rings. The van der Waals surface area contributed by atoms with Crippen molar-refractivity contribution in [2.24, 2.45) is 4.99 Å². The molecule has 0 spiro atoms. The second kappa shape index (κ2) is 6.75. The molecule has 10 heavy (non-hydrogen) atoms. The predicted octanol–water partition coefficient (Wildman–Crippen LogP) is 1.42. The highest BCUT2D eigenvalue weighted by molar-refractivity contribution is 5.23. The number of nitrogens with zero attached hydrogens (tertiary/aromatic N) is 2. The van der Waals surface area contributed by atoms with Gasteiger partial charge in [0, 0.05) is 6.54 Å². The van der Waals surface area contributed by atoms with Crippen LogP contribution in [-0.4, -0.2) is 37.8 Å². The summed E-state index contributed by atoms with van der Waals surface area (Å²) < 4.78 is 0. The van der Waals surface area contributed by atoms with E-state index in [0.29, 0.717) is 0 Å². The van der Waals surface area contributed by atoms with E-state index in [9.17, 15) is 0 Å². The Morgan fingerprint density at radius 2 is 2.00 bits per heavy atom. The molecule has 2 heteroatoms. The van der Waals surface area contributed by atoms with Crippen LogP contribution in [0.4, 0.5) is 0 Å². The van der Waals surface area contributed by atoms with Crippen LogP contribution in [0.1, 0.15) is 20.3 Å². The maximum atomic E-state index is 3.81. The summed E-state index contributed by atoms with van der Waals surface area (Å²) in [5, 5.41) is 0. The fraction of sp³-hybridized carbons (Fsp3) is 0.875. The first-order valence-corrected chi connectivity index (χ1v) is 4.00. The Balaban J connectivity index is 3.29. The van der Waals surface area contributed by atoms with Crippen molar-refractivity contribution in [1.82, 2.24) is 4.90 Å². The van der Waals surface area contributed by atoms with Gasteiger partial charge in [-0.25, -0.2) is 0 Å². The van der Waals surface area contributed by atoms with Crippen LogP contribution in [0.15, 0.2) is 4.99 Å². The van der Waals surface area contributed by atoms with Gasteiger partial charge in [-0.3, -0.25) is 4.99 Å². The van der Waals surface area contributed by atoms with E-state index >= 15 is 0 Å². The third-order valence-electron chi connectivity index (χ3n) is 1.56. The number of likely N-dealkylation sites (N-methyl/N-ethyl adjacent to an activating group) is 1. The van der Waals surface area contributed by atoms with E-state index in [2.05, 4.69) is 30.5 Å². The molecule has 0 aliphatic carbocycles. The van der Waals surface area contributed by atoms with Crippen LogP contribution < -0.4 is 0 Å². The average Bonchev–Trinajstić information content (AvgIpc) is 1.98. The van der Waals surface area contributed by atoms with E-state index < -0.39 is 0 Å². The summed E-state index contributed by atoms with van der Waals surface area (Å²) in [4.78, 5) is 6.20. The summed E-state index contributed by atoms with van der Waals surface area (Å²) in [6.45, 7) is 12.1. The SMILES string of the molecule is C=NCCN(CC)CCC. The molecule has 0 unspecified atom stereocenters. The van der Waals surface area contributed by atoms with Crippen LogP contribution in [0, 0.1) is 0 Å². The maximum Gasteiger partial charge on any atom is 0.0509 e. The second-order valence-corrected chi connectivity index (χ2v) is 2.38. The third kappa shape index (κ3) is 4.50. The van der Waals surface area contributed by atoms with E-state index in [4.69, 9.17) is 0 Å². The molecule has 0 saturated carbocycles. The fourth-order valence-electron chi connectivity index (χ4n) is 0.956. The van der Waals surface area contributed by atoms with E-state index in [1.165, 1.54) is 13.0 Å². The van der Waals surface area contributed by atoms with Crippen molar-refractivity contribution in [3.63, 3.8) is 0 Å². The van der Waals surface area contributed by atoms with Gasteiger partial charge in [-0.1, -0.05) is 13.8 Å². The third-order valence-corrected chi connectivity index (χ3v) is 1.56. The minimum Gasteiger partial charge on any atom is -0.302 e. The number of hydrogen-bond acceptors (Lipinski definition) is 2. The van der Waals surface area contributed by atoms with Crippen LogP contribution in [0.25, 0.3) is 0 Å². The molecule has 0 heterocycles. The van der Waals surface area contributed by atoms with Crippen molar-refractivity contribution in [2.45, 2.75) is 20.3 Å². The Bertz CT molecular complexity index is 81.3. The quantitative estimate of drug-likeness (QED) is 0.512. The highest BCUT2D eigenvalue weighted by atomic mass is 15.1. The van der Waals surface area contributed by atoms with Gasteiger partial charge < -0.3 is 4.90 Å². The molecule has 0 aromatic rings. The van der Waals surface area contributed by atoms with Gasteiger partial charge in [-0.2, -0.15) is 0 Å². The van der Waals surface area contributed by atoms with Gasteiger partial charge in [0.25, 0.3) is 0 Å². The van der Waals surface area contributed by atoms with Gasteiger partial charge in [-0.05, 0) is 26.2 Å². The number of hydrogen-bond donors (Lipinski definition) is 0. The van der Waals surface area contributed by atoms with E-state index in [-0.39, 0.29) is 0 Å². The lowest BCUT2D eigenvalue weighted by molar-refractivity contribution is 0.297. The highest BCUT2D eigenvalue weighted by Gasteiger charge is 1.96. The lowest BCUT2D eigenvalue weighted by Crippen LogP contribution is -2.26. The van der Waals surface area contributed by atoms with E-state index in [0.717, 1.165) is 19.6 Å². The van der Waals surface area contributed by atoms with Crippen LogP contribution in [-0.2, 0) is 0 Å². The van der Waals surface area contributed by atoms with Crippen molar-refractivity contribution >= 4 is 6.72 Å². The first-order valence-electron chi connectivity index (χ1n) is 4.00. The smallest absolute Gasteiger partial charge is 0.0509 e. The largest absolute Gasteiger partial charge is 0.302 e. The molecule has 0 atom stereocenters. The molecule has 0 rings (SSSR count). The zero-order valence-electron chi connectivity index (χ0n) is 7.14. The summed E-state index contributed by atoms with van der Waals surface area (Å²) in [5.74, 6) is 0. The van der Waals surface area contributed by atoms with Gasteiger partial charge in [0.15, 0.2) is 0 Å². The molecule has 0 aromatic heterocycles. The molecule has 0 saturated heterocycles. The van der Waals surface area contributed by atoms with Crippen LogP contribution in [0.2, 0.25) is 0 Å². The molecular formula is C8H18N2. The van der Waals surface area contributed by atoms with E-state index in [1.54, 1.807) is 0 Å². The Labute approximate surface area is 63.9 Å². The lowest BCUT2D eigenvalue weighted by atomic mass is 10.4. The summed E-state index contributed by atoms with van der Waals surface area (Å²) in [7, 11) is 0. The predicted molar refractivity (Wildman–Crippen MR) is 46.8 cm³/mol. The Kier molecular flexibility index (Phi) is 6.50. The van der Waals surface area contributed by atoms with Gasteiger partial charge in [0.05, 0.1) is 6.54 Å². The first kappa shape index (κ1) is 9.63. The molecule has 2 nitrogen and oxygen atoms in total. The lowest BCUT2D eigenvalue weighted by Gasteiger charge is -2.17. The summed E-state index contributed by atoms with van der Waals surface area (Å²) >= 11 is 0. The topological polar surface area (TPSA) is 15.6 Å². The average molecular weight is 142 g/mol. The normalized spacial score (nSPS) is 10.3. The zero-order valence-corrected chi connectivity index (χ0v) is 7.14. The van der Waals surface area contributed by atoms with Crippen molar-refractivity contribution in [2.75, 3.05) is 26.2 Å². The van der Waals surface area contributed by atoms with Crippen LogP contribution >= 0.6 is 0 Å². The standard InChI is InChI=1S/C8H18N2/c1-4-7-10(5-2)8-6-9-3/h3-8H2,1-2H3. The van der Waals surface area contributed by atoms with Crippen molar-refractivity contribution in [1.29, 1.82) is 0 Å². The minimum atomic E-state index is 0.869. The molecule has 0 aromatic carbocycles. The molecule has 0 bridgehead atoms. The molecular weight excluding hydrogens is 124 g/mol. The van der Waals surface area contributed by atoms with Crippen molar-refractivity contribution < 1.29 is 0 Å². The van der Waals surface area contributed by atoms with Crippen molar-refractivity contribution in [3.05, 3.63) is 0 Å². The first-order chi connectivity index (χ1) is 4.85. The zero-order chi connectivity index (χ0) is 7.82. The number of rotatable bonds is 6. The summed E-state index contributed by atoms with van der Waals surface area (Å²) in [6, 6.07) is 0. The van der Waals surface area contributed by atoms with Crippen LogP contribution in [0.3, 0.4) is 0 Å². The maximum absolute atomic E-state index is 3.81. The Morgan fingerprint density at radius 1 is 1.30 bits per heavy atom. The molecule has 0 N–H and O–H groups in total. The Morgan fingerprint density at radius 3 is 2.40 bits per heavy atom. The van der Waals surface area contributed by atoms with Crippen molar-refractivity contribution in [3.8, 4) is 0 Å². The molecule has 0 radical (unpaired) electrons. The minimum absolute atomic E-state index is 0.869. The fourth-order valence-corrected chi connectivity index (χ4v) is 0.956. The molecule has 0 amide bonds. The molecule has 0 aliphatic heterocycles. The highest BCUT2D eigenvalue weighted by Crippen LogP contribution is 1.89. The van der Waals surface area contributed by atoms with Crippen LogP contribution in [0.5, 0.6) is 0 Å². The Hall–Kier alpha value is -0.370. The number of aliphatic imine (C=N–C) groups is 1. The second-order valence-electron chi connectivity index (χ2n) is 2.38.